The van der Waals surface area contributed by atoms with Crippen molar-refractivity contribution in [1.82, 2.24) is 9.62 Å². The fourth-order valence-corrected chi connectivity index (χ4v) is 2.73. The molecule has 0 atom stereocenters. The third-order valence-corrected chi connectivity index (χ3v) is 4.04. The molecular formula is C12H18N4O2S. The van der Waals surface area contributed by atoms with Gasteiger partial charge in [0.05, 0.1) is 17.3 Å². The van der Waals surface area contributed by atoms with Crippen LogP contribution < -0.4 is 10.5 Å². The van der Waals surface area contributed by atoms with Crippen LogP contribution in [0.25, 0.3) is 0 Å². The lowest BCUT2D eigenvalue weighted by Gasteiger charge is -2.11. The van der Waals surface area contributed by atoms with Gasteiger partial charge in [0.1, 0.15) is 4.90 Å². The Morgan fingerprint density at radius 2 is 2.11 bits per heavy atom. The maximum atomic E-state index is 12.0. The predicted molar refractivity (Wildman–Crippen MR) is 73.9 cm³/mol. The van der Waals surface area contributed by atoms with Crippen molar-refractivity contribution in [3.8, 4) is 6.07 Å². The number of hydrogen-bond donors (Lipinski definition) is 2. The van der Waals surface area contributed by atoms with Crippen molar-refractivity contribution in [3.63, 3.8) is 0 Å². The number of nitrogens with two attached hydrogens (primary N) is 1. The number of nitrogen functional groups attached to an aromatic ring is 1. The first-order chi connectivity index (χ1) is 8.86. The highest BCUT2D eigenvalue weighted by Gasteiger charge is 2.16. The second kappa shape index (κ2) is 6.52. The minimum Gasteiger partial charge on any atom is -0.398 e. The summed E-state index contributed by atoms with van der Waals surface area (Å²) in [7, 11) is 0.231. The van der Waals surface area contributed by atoms with Gasteiger partial charge < -0.3 is 10.6 Å². The molecular weight excluding hydrogens is 264 g/mol. The van der Waals surface area contributed by atoms with Gasteiger partial charge in [-0.05, 0) is 45.3 Å². The molecule has 0 fully saturated rings. The van der Waals surface area contributed by atoms with E-state index in [0.717, 1.165) is 6.54 Å². The summed E-state index contributed by atoms with van der Waals surface area (Å²) in [6.45, 7) is 1.14. The van der Waals surface area contributed by atoms with Crippen LogP contribution in [0.2, 0.25) is 0 Å². The molecule has 0 amide bonds. The molecule has 6 nitrogen and oxygen atoms in total. The second-order valence-corrected chi connectivity index (χ2v) is 6.15. The van der Waals surface area contributed by atoms with Crippen LogP contribution in [0.3, 0.4) is 0 Å². The van der Waals surface area contributed by atoms with Crippen LogP contribution in [0.4, 0.5) is 5.69 Å². The first-order valence-electron chi connectivity index (χ1n) is 5.81. The number of nitrogens with one attached hydrogen (secondary N) is 1. The fourth-order valence-electron chi connectivity index (χ4n) is 1.54. The number of benzene rings is 1. The van der Waals surface area contributed by atoms with Gasteiger partial charge in [-0.2, -0.15) is 5.26 Å². The normalized spacial score (nSPS) is 11.5. The molecule has 0 radical (unpaired) electrons. The number of anilines is 1. The van der Waals surface area contributed by atoms with Crippen LogP contribution in [0.1, 0.15) is 12.0 Å². The Morgan fingerprint density at radius 3 is 2.63 bits per heavy atom. The van der Waals surface area contributed by atoms with E-state index < -0.39 is 10.0 Å². The van der Waals surface area contributed by atoms with Crippen LogP contribution in [-0.2, 0) is 10.0 Å². The average molecular weight is 282 g/mol. The van der Waals surface area contributed by atoms with E-state index in [0.29, 0.717) is 18.5 Å². The Bertz CT molecular complexity index is 576. The quantitative estimate of drug-likeness (QED) is 0.580. The van der Waals surface area contributed by atoms with Crippen molar-refractivity contribution in [2.24, 2.45) is 0 Å². The molecule has 1 aromatic carbocycles. The summed E-state index contributed by atoms with van der Waals surface area (Å²) in [5.74, 6) is 0. The highest BCUT2D eigenvalue weighted by atomic mass is 32.2. The molecule has 7 heteroatoms. The number of nitrogens with zero attached hydrogens (tertiary/aromatic N) is 2. The molecule has 104 valence electrons. The van der Waals surface area contributed by atoms with Gasteiger partial charge in [-0.3, -0.25) is 0 Å². The highest BCUT2D eigenvalue weighted by Crippen LogP contribution is 2.19. The summed E-state index contributed by atoms with van der Waals surface area (Å²) < 4.78 is 26.5. The van der Waals surface area contributed by atoms with Gasteiger partial charge in [0, 0.05) is 6.54 Å². The zero-order valence-electron chi connectivity index (χ0n) is 11.0. The van der Waals surface area contributed by atoms with Gasteiger partial charge >= 0.3 is 0 Å². The lowest BCUT2D eigenvalue weighted by Crippen LogP contribution is -2.27. The predicted octanol–water partition coefficient (Wildman–Crippen LogP) is 0.370. The molecule has 1 rings (SSSR count). The number of hydrogen-bond acceptors (Lipinski definition) is 5. The Labute approximate surface area is 113 Å². The van der Waals surface area contributed by atoms with Crippen molar-refractivity contribution in [1.29, 1.82) is 5.26 Å². The standard InChI is InChI=1S/C12H18N4O2S/c1-16(2)7-3-6-15-19(17,18)12-5-4-10(9-13)8-11(12)14/h4-5,8,15H,3,6-7,14H2,1-2H3. The van der Waals surface area contributed by atoms with Crippen molar-refractivity contribution < 1.29 is 8.42 Å². The zero-order valence-corrected chi connectivity index (χ0v) is 11.9. The summed E-state index contributed by atoms with van der Waals surface area (Å²) in [6.07, 6.45) is 0.711. The lowest BCUT2D eigenvalue weighted by atomic mass is 10.2. The van der Waals surface area contributed by atoms with Crippen LogP contribution in [0.5, 0.6) is 0 Å². The van der Waals surface area contributed by atoms with Crippen LogP contribution in [0.15, 0.2) is 23.1 Å². The largest absolute Gasteiger partial charge is 0.398 e. The molecule has 0 spiro atoms. The minimum absolute atomic E-state index is 0.0105. The topological polar surface area (TPSA) is 99.2 Å². The number of rotatable bonds is 6. The second-order valence-electron chi connectivity index (χ2n) is 4.42. The number of sulfonamides is 1. The maximum absolute atomic E-state index is 12.0. The molecule has 0 aliphatic rings. The van der Waals surface area contributed by atoms with Gasteiger partial charge in [-0.25, -0.2) is 13.1 Å². The summed E-state index contributed by atoms with van der Waals surface area (Å²) in [5, 5.41) is 8.71. The molecule has 0 bridgehead atoms. The summed E-state index contributed by atoms with van der Waals surface area (Å²) in [6, 6.07) is 6.05. The first kappa shape index (κ1) is 15.4. The average Bonchev–Trinajstić information content (AvgIpc) is 2.34. The Kier molecular flexibility index (Phi) is 5.30. The van der Waals surface area contributed by atoms with Gasteiger partial charge in [0.2, 0.25) is 10.0 Å². The Balaban J connectivity index is 2.75. The van der Waals surface area contributed by atoms with E-state index >= 15 is 0 Å². The van der Waals surface area contributed by atoms with Gasteiger partial charge in [-0.15, -0.1) is 0 Å². The summed E-state index contributed by atoms with van der Waals surface area (Å²) in [5.41, 5.74) is 6.08. The van der Waals surface area contributed by atoms with Crippen molar-refractivity contribution in [2.75, 3.05) is 32.9 Å². The molecule has 3 N–H and O–H groups in total. The van der Waals surface area contributed by atoms with E-state index in [4.69, 9.17) is 11.0 Å². The molecule has 1 aromatic rings. The van der Waals surface area contributed by atoms with Gasteiger partial charge in [-0.1, -0.05) is 0 Å². The van der Waals surface area contributed by atoms with E-state index in [1.54, 1.807) is 0 Å². The Morgan fingerprint density at radius 1 is 1.42 bits per heavy atom. The molecule has 0 aliphatic heterocycles. The third-order valence-electron chi connectivity index (χ3n) is 2.50. The van der Waals surface area contributed by atoms with E-state index in [9.17, 15) is 8.42 Å². The molecule has 0 saturated heterocycles. The maximum Gasteiger partial charge on any atom is 0.242 e. The summed E-state index contributed by atoms with van der Waals surface area (Å²) >= 11 is 0. The van der Waals surface area contributed by atoms with Crippen molar-refractivity contribution in [2.45, 2.75) is 11.3 Å². The minimum atomic E-state index is -3.62. The van der Waals surface area contributed by atoms with Crippen molar-refractivity contribution >= 4 is 15.7 Å². The van der Waals surface area contributed by atoms with Gasteiger partial charge in [0.25, 0.3) is 0 Å². The van der Waals surface area contributed by atoms with E-state index in [1.165, 1.54) is 18.2 Å². The van der Waals surface area contributed by atoms with E-state index in [2.05, 4.69) is 4.72 Å². The van der Waals surface area contributed by atoms with Crippen LogP contribution in [-0.4, -0.2) is 40.5 Å². The third kappa shape index (κ3) is 4.52. The molecule has 0 unspecified atom stereocenters. The highest BCUT2D eigenvalue weighted by molar-refractivity contribution is 7.89. The van der Waals surface area contributed by atoms with E-state index in [1.807, 2.05) is 25.1 Å². The smallest absolute Gasteiger partial charge is 0.242 e. The number of nitriles is 1. The fraction of sp³-hybridized carbons (Fsp3) is 0.417. The molecule has 0 heterocycles. The van der Waals surface area contributed by atoms with Crippen molar-refractivity contribution in [3.05, 3.63) is 23.8 Å². The monoisotopic (exact) mass is 282 g/mol. The molecule has 0 aromatic heterocycles. The zero-order chi connectivity index (χ0) is 14.5. The first-order valence-corrected chi connectivity index (χ1v) is 7.29. The SMILES string of the molecule is CN(C)CCCNS(=O)(=O)c1ccc(C#N)cc1N. The van der Waals surface area contributed by atoms with E-state index in [-0.39, 0.29) is 10.6 Å². The van der Waals surface area contributed by atoms with Crippen LogP contribution >= 0.6 is 0 Å². The van der Waals surface area contributed by atoms with Crippen LogP contribution in [0, 0.1) is 11.3 Å². The lowest BCUT2D eigenvalue weighted by molar-refractivity contribution is 0.400. The summed E-state index contributed by atoms with van der Waals surface area (Å²) in [4.78, 5) is 1.99. The molecule has 19 heavy (non-hydrogen) atoms. The molecule has 0 saturated carbocycles. The van der Waals surface area contributed by atoms with Gasteiger partial charge in [0.15, 0.2) is 0 Å². The Hall–Kier alpha value is -1.62. The molecule has 0 aliphatic carbocycles.